The SMILES string of the molecule is CN(C(=O)O)C(C)(C)C(C)(N)C(C)(C)C. The summed E-state index contributed by atoms with van der Waals surface area (Å²) in [6.07, 6.45) is -0.957. The van der Waals surface area contributed by atoms with Crippen LogP contribution in [0, 0.1) is 5.41 Å². The highest BCUT2D eigenvalue weighted by Crippen LogP contribution is 2.39. The lowest BCUT2D eigenvalue weighted by molar-refractivity contribution is 0.0163. The van der Waals surface area contributed by atoms with Crippen LogP contribution in [-0.4, -0.2) is 34.2 Å². The molecule has 0 aromatic rings. The van der Waals surface area contributed by atoms with Crippen LogP contribution in [0.4, 0.5) is 4.79 Å². The summed E-state index contributed by atoms with van der Waals surface area (Å²) in [5.41, 5.74) is 4.88. The van der Waals surface area contributed by atoms with Gasteiger partial charge in [-0.2, -0.15) is 0 Å². The van der Waals surface area contributed by atoms with Crippen molar-refractivity contribution in [3.8, 4) is 0 Å². The van der Waals surface area contributed by atoms with Gasteiger partial charge in [-0.15, -0.1) is 0 Å². The third-order valence-corrected chi connectivity index (χ3v) is 3.95. The maximum Gasteiger partial charge on any atom is 0.407 e. The number of hydrogen-bond donors (Lipinski definition) is 2. The van der Waals surface area contributed by atoms with Gasteiger partial charge in [0.05, 0.1) is 5.54 Å². The quantitative estimate of drug-likeness (QED) is 0.743. The number of hydrogen-bond acceptors (Lipinski definition) is 2. The first-order chi connectivity index (χ1) is 6.35. The Labute approximate surface area is 92.4 Å². The first-order valence-electron chi connectivity index (χ1n) is 5.11. The third kappa shape index (κ3) is 2.25. The fourth-order valence-corrected chi connectivity index (χ4v) is 1.51. The fraction of sp³-hybridized carbons (Fsp3) is 0.909. The molecule has 4 nitrogen and oxygen atoms in total. The van der Waals surface area contributed by atoms with Crippen molar-refractivity contribution in [1.29, 1.82) is 0 Å². The summed E-state index contributed by atoms with van der Waals surface area (Å²) in [4.78, 5) is 12.3. The van der Waals surface area contributed by atoms with E-state index in [9.17, 15) is 4.79 Å². The normalized spacial score (nSPS) is 17.1. The molecule has 0 saturated carbocycles. The lowest BCUT2D eigenvalue weighted by atomic mass is 9.64. The highest BCUT2D eigenvalue weighted by atomic mass is 16.4. The van der Waals surface area contributed by atoms with Crippen LogP contribution in [0.15, 0.2) is 0 Å². The van der Waals surface area contributed by atoms with E-state index in [1.165, 1.54) is 4.90 Å². The van der Waals surface area contributed by atoms with Crippen LogP contribution < -0.4 is 5.73 Å². The molecular formula is C11H24N2O2. The van der Waals surface area contributed by atoms with E-state index >= 15 is 0 Å². The van der Waals surface area contributed by atoms with Crippen molar-refractivity contribution in [1.82, 2.24) is 4.90 Å². The Balaban J connectivity index is 5.28. The average molecular weight is 216 g/mol. The minimum absolute atomic E-state index is 0.180. The molecule has 0 fully saturated rings. The van der Waals surface area contributed by atoms with Crippen molar-refractivity contribution in [2.75, 3.05) is 7.05 Å². The summed E-state index contributed by atoms with van der Waals surface area (Å²) in [5, 5.41) is 9.02. The largest absolute Gasteiger partial charge is 0.465 e. The van der Waals surface area contributed by atoms with E-state index in [4.69, 9.17) is 10.8 Å². The molecule has 1 atom stereocenters. The molecule has 0 aromatic carbocycles. The van der Waals surface area contributed by atoms with Crippen LogP contribution in [0.2, 0.25) is 0 Å². The van der Waals surface area contributed by atoms with Gasteiger partial charge in [0.2, 0.25) is 0 Å². The molecule has 0 rings (SSSR count). The minimum Gasteiger partial charge on any atom is -0.465 e. The van der Waals surface area contributed by atoms with Gasteiger partial charge < -0.3 is 15.7 Å². The molecule has 0 aliphatic carbocycles. The molecular weight excluding hydrogens is 192 g/mol. The zero-order chi connectivity index (χ0) is 12.7. The maximum atomic E-state index is 11.0. The Morgan fingerprint density at radius 3 is 1.67 bits per heavy atom. The Morgan fingerprint density at radius 1 is 1.13 bits per heavy atom. The van der Waals surface area contributed by atoms with Crippen molar-refractivity contribution in [2.45, 2.75) is 52.6 Å². The molecule has 4 heteroatoms. The summed E-state index contributed by atoms with van der Waals surface area (Å²) in [6, 6.07) is 0. The third-order valence-electron chi connectivity index (χ3n) is 3.95. The second kappa shape index (κ2) is 3.67. The Morgan fingerprint density at radius 2 is 1.47 bits per heavy atom. The van der Waals surface area contributed by atoms with Crippen LogP contribution >= 0.6 is 0 Å². The van der Waals surface area contributed by atoms with Crippen LogP contribution in [-0.2, 0) is 0 Å². The predicted octanol–water partition coefficient (Wildman–Crippen LogP) is 2.14. The van der Waals surface area contributed by atoms with Gasteiger partial charge in [0.1, 0.15) is 0 Å². The predicted molar refractivity (Wildman–Crippen MR) is 61.9 cm³/mol. The van der Waals surface area contributed by atoms with E-state index in [2.05, 4.69) is 0 Å². The molecule has 1 amide bonds. The molecule has 0 radical (unpaired) electrons. The number of nitrogens with two attached hydrogens (primary N) is 1. The highest BCUT2D eigenvalue weighted by molar-refractivity contribution is 5.66. The van der Waals surface area contributed by atoms with E-state index in [1.807, 2.05) is 41.5 Å². The first-order valence-corrected chi connectivity index (χ1v) is 5.11. The summed E-state index contributed by atoms with van der Waals surface area (Å²) >= 11 is 0. The molecule has 90 valence electrons. The van der Waals surface area contributed by atoms with Gasteiger partial charge in [-0.1, -0.05) is 20.8 Å². The molecule has 0 heterocycles. The van der Waals surface area contributed by atoms with E-state index in [0.29, 0.717) is 0 Å². The van der Waals surface area contributed by atoms with Crippen LogP contribution in [0.25, 0.3) is 0 Å². The van der Waals surface area contributed by atoms with Crippen molar-refractivity contribution in [2.24, 2.45) is 11.1 Å². The van der Waals surface area contributed by atoms with Crippen molar-refractivity contribution < 1.29 is 9.90 Å². The summed E-state index contributed by atoms with van der Waals surface area (Å²) < 4.78 is 0. The summed E-state index contributed by atoms with van der Waals surface area (Å²) in [5.74, 6) is 0. The molecule has 3 N–H and O–H groups in total. The number of carbonyl (C=O) groups is 1. The number of nitrogens with zero attached hydrogens (tertiary/aromatic N) is 1. The van der Waals surface area contributed by atoms with E-state index < -0.39 is 17.2 Å². The number of likely N-dealkylation sites (N-methyl/N-ethyl adjacent to an activating group) is 1. The molecule has 0 bridgehead atoms. The summed E-state index contributed by atoms with van der Waals surface area (Å²) in [7, 11) is 1.55. The van der Waals surface area contributed by atoms with Crippen LogP contribution in [0.3, 0.4) is 0 Å². The molecule has 15 heavy (non-hydrogen) atoms. The van der Waals surface area contributed by atoms with E-state index in [-0.39, 0.29) is 5.41 Å². The lowest BCUT2D eigenvalue weighted by Crippen LogP contribution is -2.69. The standard InChI is InChI=1S/C11H24N2O2/c1-9(2,3)11(6,12)10(4,5)13(7)8(14)15/h12H2,1-7H3,(H,14,15). The number of rotatable bonds is 2. The number of amides is 1. The van der Waals surface area contributed by atoms with Gasteiger partial charge in [0.15, 0.2) is 0 Å². The van der Waals surface area contributed by atoms with Crippen molar-refractivity contribution in [3.05, 3.63) is 0 Å². The van der Waals surface area contributed by atoms with E-state index in [1.54, 1.807) is 7.05 Å². The molecule has 0 saturated heterocycles. The van der Waals surface area contributed by atoms with Crippen molar-refractivity contribution in [3.63, 3.8) is 0 Å². The first kappa shape index (κ1) is 14.2. The Kier molecular flexibility index (Phi) is 3.48. The smallest absolute Gasteiger partial charge is 0.407 e. The molecule has 0 spiro atoms. The van der Waals surface area contributed by atoms with Crippen molar-refractivity contribution >= 4 is 6.09 Å². The topological polar surface area (TPSA) is 66.6 Å². The van der Waals surface area contributed by atoms with Gasteiger partial charge in [0.25, 0.3) is 0 Å². The van der Waals surface area contributed by atoms with Gasteiger partial charge in [-0.05, 0) is 26.2 Å². The zero-order valence-electron chi connectivity index (χ0n) is 10.9. The number of carboxylic acid groups (broad SMARTS) is 1. The Bertz CT molecular complexity index is 252. The summed E-state index contributed by atoms with van der Waals surface area (Å²) in [6.45, 7) is 11.7. The second-order valence-corrected chi connectivity index (χ2v) is 5.85. The lowest BCUT2D eigenvalue weighted by Gasteiger charge is -2.53. The van der Waals surface area contributed by atoms with Gasteiger partial charge in [-0.25, -0.2) is 4.79 Å². The minimum atomic E-state index is -0.957. The molecule has 1 unspecified atom stereocenters. The van der Waals surface area contributed by atoms with Gasteiger partial charge in [-0.3, -0.25) is 0 Å². The second-order valence-electron chi connectivity index (χ2n) is 5.85. The molecule has 0 aromatic heterocycles. The van der Waals surface area contributed by atoms with Crippen LogP contribution in [0.1, 0.15) is 41.5 Å². The zero-order valence-corrected chi connectivity index (χ0v) is 10.9. The van der Waals surface area contributed by atoms with Gasteiger partial charge >= 0.3 is 6.09 Å². The Hall–Kier alpha value is -0.770. The monoisotopic (exact) mass is 216 g/mol. The molecule has 0 aliphatic heterocycles. The van der Waals surface area contributed by atoms with E-state index in [0.717, 1.165) is 0 Å². The van der Waals surface area contributed by atoms with Gasteiger partial charge in [0, 0.05) is 12.6 Å². The molecule has 0 aliphatic rings. The fourth-order valence-electron chi connectivity index (χ4n) is 1.51. The van der Waals surface area contributed by atoms with Crippen LogP contribution in [0.5, 0.6) is 0 Å². The highest BCUT2D eigenvalue weighted by Gasteiger charge is 2.49. The maximum absolute atomic E-state index is 11.0. The average Bonchev–Trinajstić information content (AvgIpc) is 2.00.